The zero-order valence-electron chi connectivity index (χ0n) is 13.3. The number of nitrogens with one attached hydrogen (secondary N) is 2. The second-order valence-corrected chi connectivity index (χ2v) is 6.39. The van der Waals surface area contributed by atoms with Crippen molar-refractivity contribution in [1.82, 2.24) is 10.6 Å². The molecule has 1 aromatic rings. The quantitative estimate of drug-likeness (QED) is 0.894. The number of methoxy groups -OCH3 is 1. The highest BCUT2D eigenvalue weighted by atomic mass is 35.5. The van der Waals surface area contributed by atoms with E-state index in [0.717, 1.165) is 49.2 Å². The fourth-order valence-corrected chi connectivity index (χ4v) is 3.48. The number of halogens is 1. The first-order chi connectivity index (χ1) is 10.1. The summed E-state index contributed by atoms with van der Waals surface area (Å²) in [5.41, 5.74) is 2.51. The van der Waals surface area contributed by atoms with Crippen LogP contribution in [0.2, 0.25) is 0 Å². The standard InChI is InChI=1S/C17H24N2O2.ClH/c1-12-3-4-13(9-15(12)21-2)11-19-16(20)14-10-17(14)5-7-18-8-6-17;/h3-4,9,14,18H,5-8,10-11H2,1-2H3,(H,19,20);1H. The summed E-state index contributed by atoms with van der Waals surface area (Å²) in [4.78, 5) is 12.3. The van der Waals surface area contributed by atoms with Gasteiger partial charge in [0.25, 0.3) is 0 Å². The first-order valence-corrected chi connectivity index (χ1v) is 7.77. The molecule has 22 heavy (non-hydrogen) atoms. The Labute approximate surface area is 138 Å². The Morgan fingerprint density at radius 3 is 2.82 bits per heavy atom. The minimum absolute atomic E-state index is 0. The maximum Gasteiger partial charge on any atom is 0.223 e. The van der Waals surface area contributed by atoms with Gasteiger partial charge in [0.1, 0.15) is 5.75 Å². The average Bonchev–Trinajstić information content (AvgIpc) is 3.20. The molecule has 2 aliphatic rings. The van der Waals surface area contributed by atoms with Crippen LogP contribution in [0.5, 0.6) is 5.75 Å². The third-order valence-corrected chi connectivity index (χ3v) is 5.04. The number of aryl methyl sites for hydroxylation is 1. The van der Waals surface area contributed by atoms with E-state index >= 15 is 0 Å². The van der Waals surface area contributed by atoms with Crippen molar-refractivity contribution < 1.29 is 9.53 Å². The number of amides is 1. The topological polar surface area (TPSA) is 50.4 Å². The van der Waals surface area contributed by atoms with E-state index in [4.69, 9.17) is 4.74 Å². The lowest BCUT2D eigenvalue weighted by Gasteiger charge is -2.23. The number of carbonyl (C=O) groups is 1. The molecule has 1 spiro atoms. The molecule has 1 saturated carbocycles. The maximum absolute atomic E-state index is 12.3. The predicted octanol–water partition coefficient (Wildman–Crippen LogP) is 2.43. The summed E-state index contributed by atoms with van der Waals surface area (Å²) in [6.07, 6.45) is 3.35. The molecule has 2 N–H and O–H groups in total. The number of ether oxygens (including phenoxy) is 1. The van der Waals surface area contributed by atoms with Crippen molar-refractivity contribution in [2.24, 2.45) is 11.3 Å². The van der Waals surface area contributed by atoms with Crippen LogP contribution in [0.3, 0.4) is 0 Å². The smallest absolute Gasteiger partial charge is 0.223 e. The fourth-order valence-electron chi connectivity index (χ4n) is 3.48. The van der Waals surface area contributed by atoms with Gasteiger partial charge >= 0.3 is 0 Å². The number of rotatable bonds is 4. The van der Waals surface area contributed by atoms with E-state index in [-0.39, 0.29) is 24.2 Å². The van der Waals surface area contributed by atoms with Gasteiger partial charge in [0.15, 0.2) is 0 Å². The van der Waals surface area contributed by atoms with E-state index in [0.29, 0.717) is 12.0 Å². The second kappa shape index (κ2) is 6.88. The van der Waals surface area contributed by atoms with Gasteiger partial charge in [0.2, 0.25) is 5.91 Å². The molecule has 1 aliphatic heterocycles. The van der Waals surface area contributed by atoms with Gasteiger partial charge in [-0.2, -0.15) is 0 Å². The zero-order valence-corrected chi connectivity index (χ0v) is 14.1. The van der Waals surface area contributed by atoms with Crippen LogP contribution < -0.4 is 15.4 Å². The molecule has 1 heterocycles. The molecule has 2 fully saturated rings. The first-order valence-electron chi connectivity index (χ1n) is 7.77. The number of carbonyl (C=O) groups excluding carboxylic acids is 1. The Hall–Kier alpha value is -1.26. The lowest BCUT2D eigenvalue weighted by atomic mass is 9.92. The Balaban J connectivity index is 0.00000176. The summed E-state index contributed by atoms with van der Waals surface area (Å²) >= 11 is 0. The summed E-state index contributed by atoms with van der Waals surface area (Å²) in [5, 5.41) is 6.46. The molecule has 1 unspecified atom stereocenters. The number of piperidine rings is 1. The van der Waals surface area contributed by atoms with Crippen LogP contribution in [-0.4, -0.2) is 26.1 Å². The highest BCUT2D eigenvalue weighted by molar-refractivity contribution is 5.85. The Morgan fingerprint density at radius 1 is 1.41 bits per heavy atom. The van der Waals surface area contributed by atoms with Gasteiger partial charge in [-0.3, -0.25) is 4.79 Å². The number of hydrogen-bond donors (Lipinski definition) is 2. The van der Waals surface area contributed by atoms with Crippen LogP contribution in [0.1, 0.15) is 30.4 Å². The van der Waals surface area contributed by atoms with E-state index in [2.05, 4.69) is 10.6 Å². The lowest BCUT2D eigenvalue weighted by Crippen LogP contribution is -2.33. The molecule has 0 radical (unpaired) electrons. The molecule has 1 saturated heterocycles. The maximum atomic E-state index is 12.3. The summed E-state index contributed by atoms with van der Waals surface area (Å²) in [6, 6.07) is 6.08. The van der Waals surface area contributed by atoms with Crippen LogP contribution in [0.15, 0.2) is 18.2 Å². The van der Waals surface area contributed by atoms with Gasteiger partial charge in [-0.25, -0.2) is 0 Å². The third kappa shape index (κ3) is 3.39. The molecule has 3 rings (SSSR count). The molecule has 0 bridgehead atoms. The van der Waals surface area contributed by atoms with Crippen molar-refractivity contribution in [2.45, 2.75) is 32.7 Å². The van der Waals surface area contributed by atoms with Crippen molar-refractivity contribution in [1.29, 1.82) is 0 Å². The van der Waals surface area contributed by atoms with E-state index in [9.17, 15) is 4.79 Å². The molecule has 1 aliphatic carbocycles. The molecular weight excluding hydrogens is 300 g/mol. The van der Waals surface area contributed by atoms with Crippen LogP contribution in [0.4, 0.5) is 0 Å². The van der Waals surface area contributed by atoms with Crippen LogP contribution >= 0.6 is 12.4 Å². The van der Waals surface area contributed by atoms with E-state index in [1.54, 1.807) is 7.11 Å². The second-order valence-electron chi connectivity index (χ2n) is 6.39. The van der Waals surface area contributed by atoms with Gasteiger partial charge < -0.3 is 15.4 Å². The van der Waals surface area contributed by atoms with Crippen molar-refractivity contribution >= 4 is 18.3 Å². The minimum atomic E-state index is 0. The van der Waals surface area contributed by atoms with Crippen molar-refractivity contribution in [2.75, 3.05) is 20.2 Å². The zero-order chi connectivity index (χ0) is 14.9. The first kappa shape index (κ1) is 17.1. The van der Waals surface area contributed by atoms with E-state index in [1.165, 1.54) is 0 Å². The molecular formula is C17H25ClN2O2. The van der Waals surface area contributed by atoms with Gasteiger partial charge in [0.05, 0.1) is 7.11 Å². The largest absolute Gasteiger partial charge is 0.496 e. The molecule has 0 aromatic heterocycles. The Bertz CT molecular complexity index is 541. The van der Waals surface area contributed by atoms with Gasteiger partial charge in [-0.05, 0) is 61.9 Å². The minimum Gasteiger partial charge on any atom is -0.496 e. The van der Waals surface area contributed by atoms with Crippen molar-refractivity contribution in [3.63, 3.8) is 0 Å². The summed E-state index contributed by atoms with van der Waals surface area (Å²) in [5.74, 6) is 1.33. The average molecular weight is 325 g/mol. The van der Waals surface area contributed by atoms with E-state index < -0.39 is 0 Å². The fraction of sp³-hybridized carbons (Fsp3) is 0.588. The highest BCUT2D eigenvalue weighted by Gasteiger charge is 2.57. The van der Waals surface area contributed by atoms with Crippen LogP contribution in [-0.2, 0) is 11.3 Å². The summed E-state index contributed by atoms with van der Waals surface area (Å²) in [6.45, 7) is 4.71. The highest BCUT2D eigenvalue weighted by Crippen LogP contribution is 2.58. The third-order valence-electron chi connectivity index (χ3n) is 5.04. The Morgan fingerprint density at radius 2 is 2.14 bits per heavy atom. The number of hydrogen-bond acceptors (Lipinski definition) is 3. The summed E-state index contributed by atoms with van der Waals surface area (Å²) < 4.78 is 5.32. The van der Waals surface area contributed by atoms with Gasteiger partial charge in [-0.1, -0.05) is 12.1 Å². The van der Waals surface area contributed by atoms with Crippen molar-refractivity contribution in [3.8, 4) is 5.75 Å². The van der Waals surface area contributed by atoms with Crippen LogP contribution in [0, 0.1) is 18.3 Å². The molecule has 5 heteroatoms. The SMILES string of the molecule is COc1cc(CNC(=O)C2CC23CCNCC3)ccc1C.Cl. The normalized spacial score (nSPS) is 21.8. The lowest BCUT2D eigenvalue weighted by molar-refractivity contribution is -0.123. The van der Waals surface area contributed by atoms with Gasteiger partial charge in [-0.15, -0.1) is 12.4 Å². The molecule has 1 amide bonds. The van der Waals surface area contributed by atoms with Gasteiger partial charge in [0, 0.05) is 12.5 Å². The monoisotopic (exact) mass is 324 g/mol. The van der Waals surface area contributed by atoms with Crippen LogP contribution in [0.25, 0.3) is 0 Å². The summed E-state index contributed by atoms with van der Waals surface area (Å²) in [7, 11) is 1.68. The molecule has 122 valence electrons. The predicted molar refractivity (Wildman–Crippen MR) is 89.5 cm³/mol. The Kier molecular flexibility index (Phi) is 5.35. The molecule has 1 atom stereocenters. The molecule has 4 nitrogen and oxygen atoms in total. The molecule has 1 aromatic carbocycles. The number of benzene rings is 1. The van der Waals surface area contributed by atoms with Crippen molar-refractivity contribution in [3.05, 3.63) is 29.3 Å². The van der Waals surface area contributed by atoms with E-state index in [1.807, 2.05) is 25.1 Å².